The molecule has 0 fully saturated rings. The number of carboxylic acids is 1. The molecule has 3 amide bonds. The Morgan fingerprint density at radius 1 is 0.920 bits per heavy atom. The first-order valence-electron chi connectivity index (χ1n) is 7.49. The molecule has 7 nitrogen and oxygen atoms in total. The average molecular weight is 337 g/mol. The van der Waals surface area contributed by atoms with Crippen LogP contribution in [-0.4, -0.2) is 35.1 Å². The van der Waals surface area contributed by atoms with E-state index in [1.54, 1.807) is 36.4 Å². The molecule has 7 heteroatoms. The molecule has 0 aliphatic carbocycles. The fraction of sp³-hybridized carbons (Fsp3) is 0.111. The van der Waals surface area contributed by atoms with E-state index in [0.29, 0.717) is 5.56 Å². The van der Waals surface area contributed by atoms with E-state index in [2.05, 4.69) is 5.32 Å². The van der Waals surface area contributed by atoms with Gasteiger partial charge in [0.25, 0.3) is 11.8 Å². The van der Waals surface area contributed by atoms with Crippen molar-refractivity contribution in [3.05, 3.63) is 70.8 Å². The third-order valence-corrected chi connectivity index (χ3v) is 3.86. The van der Waals surface area contributed by atoms with Gasteiger partial charge in [0.1, 0.15) is 6.54 Å². The van der Waals surface area contributed by atoms with Gasteiger partial charge in [-0.25, -0.2) is 0 Å². The maximum absolute atomic E-state index is 12.2. The molecule has 0 spiro atoms. The molecule has 0 saturated carbocycles. The van der Waals surface area contributed by atoms with Gasteiger partial charge in [-0.3, -0.25) is 19.3 Å². The van der Waals surface area contributed by atoms with Crippen LogP contribution in [-0.2, 0) is 11.3 Å². The van der Waals surface area contributed by atoms with E-state index < -0.39 is 23.7 Å². The number of hydrogen-bond acceptors (Lipinski definition) is 5. The van der Waals surface area contributed by atoms with Crippen molar-refractivity contribution in [2.24, 2.45) is 0 Å². The van der Waals surface area contributed by atoms with Gasteiger partial charge in [-0.1, -0.05) is 36.4 Å². The van der Waals surface area contributed by atoms with Crippen LogP contribution in [0.25, 0.3) is 0 Å². The number of amides is 3. The van der Waals surface area contributed by atoms with Gasteiger partial charge in [0.15, 0.2) is 0 Å². The molecule has 1 aliphatic rings. The molecule has 25 heavy (non-hydrogen) atoms. The summed E-state index contributed by atoms with van der Waals surface area (Å²) in [6.07, 6.45) is 0. The van der Waals surface area contributed by atoms with Gasteiger partial charge in [-0.05, 0) is 23.3 Å². The normalized spacial score (nSPS) is 12.9. The molecule has 0 aromatic heterocycles. The summed E-state index contributed by atoms with van der Waals surface area (Å²) in [5, 5.41) is 13.3. The number of nitrogens with zero attached hydrogens (tertiary/aromatic N) is 1. The number of benzene rings is 2. The number of hydrogen-bond donors (Lipinski definition) is 1. The SMILES string of the molecule is O=C(CN1C(=O)c2ccccc2C1=O)NCc1ccc(C(=O)[O-])cc1. The van der Waals surface area contributed by atoms with Crippen LogP contribution >= 0.6 is 0 Å². The fourth-order valence-corrected chi connectivity index (χ4v) is 2.54. The van der Waals surface area contributed by atoms with Gasteiger partial charge < -0.3 is 15.2 Å². The zero-order valence-corrected chi connectivity index (χ0v) is 13.0. The number of carbonyl (C=O) groups is 4. The molecule has 1 heterocycles. The van der Waals surface area contributed by atoms with Gasteiger partial charge in [-0.15, -0.1) is 0 Å². The van der Waals surface area contributed by atoms with Crippen molar-refractivity contribution in [1.29, 1.82) is 0 Å². The molecular formula is C18H13N2O5-. The molecule has 1 N–H and O–H groups in total. The van der Waals surface area contributed by atoms with Gasteiger partial charge in [0, 0.05) is 6.54 Å². The summed E-state index contributed by atoms with van der Waals surface area (Å²) in [6, 6.07) is 12.3. The number of carboxylic acid groups (broad SMARTS) is 1. The third kappa shape index (κ3) is 3.25. The summed E-state index contributed by atoms with van der Waals surface area (Å²) in [6.45, 7) is -0.223. The lowest BCUT2D eigenvalue weighted by Crippen LogP contribution is -2.40. The van der Waals surface area contributed by atoms with Crippen LogP contribution in [0.3, 0.4) is 0 Å². The van der Waals surface area contributed by atoms with E-state index in [4.69, 9.17) is 0 Å². The largest absolute Gasteiger partial charge is 0.545 e. The molecular weight excluding hydrogens is 324 g/mol. The van der Waals surface area contributed by atoms with Crippen LogP contribution in [0.1, 0.15) is 36.6 Å². The van der Waals surface area contributed by atoms with Gasteiger partial charge in [0.2, 0.25) is 5.91 Å². The van der Waals surface area contributed by atoms with Crippen LogP contribution in [0.2, 0.25) is 0 Å². The number of fused-ring (bicyclic) bond motifs is 1. The second-order valence-electron chi connectivity index (χ2n) is 5.50. The first-order chi connectivity index (χ1) is 12.0. The fourth-order valence-electron chi connectivity index (χ4n) is 2.54. The minimum atomic E-state index is -1.28. The molecule has 0 radical (unpaired) electrons. The van der Waals surface area contributed by atoms with Crippen LogP contribution in [0.15, 0.2) is 48.5 Å². The Labute approximate surface area is 142 Å². The van der Waals surface area contributed by atoms with Crippen molar-refractivity contribution in [2.45, 2.75) is 6.54 Å². The molecule has 0 atom stereocenters. The number of nitrogens with one attached hydrogen (secondary N) is 1. The number of aromatic carboxylic acids is 1. The minimum absolute atomic E-state index is 0.0427. The van der Waals surface area contributed by atoms with Crippen LogP contribution in [0.5, 0.6) is 0 Å². The highest BCUT2D eigenvalue weighted by Gasteiger charge is 2.36. The van der Waals surface area contributed by atoms with Crippen molar-refractivity contribution in [1.82, 2.24) is 10.2 Å². The topological polar surface area (TPSA) is 107 Å². The zero-order valence-electron chi connectivity index (χ0n) is 13.0. The Balaban J connectivity index is 1.59. The highest BCUT2D eigenvalue weighted by molar-refractivity contribution is 6.22. The quantitative estimate of drug-likeness (QED) is 0.771. The summed E-state index contributed by atoms with van der Waals surface area (Å²) < 4.78 is 0. The van der Waals surface area contributed by atoms with Gasteiger partial charge >= 0.3 is 0 Å². The molecule has 0 bridgehead atoms. The first-order valence-corrected chi connectivity index (χ1v) is 7.49. The second kappa shape index (κ2) is 6.56. The summed E-state index contributed by atoms with van der Waals surface area (Å²) in [4.78, 5) is 48.0. The standard InChI is InChI=1S/C18H14N2O5/c21-15(19-9-11-5-7-12(8-6-11)18(24)25)10-20-16(22)13-3-1-2-4-14(13)17(20)23/h1-8H,9-10H2,(H,19,21)(H,24,25)/p-1. The van der Waals surface area contributed by atoms with Crippen molar-refractivity contribution >= 4 is 23.7 Å². The van der Waals surface area contributed by atoms with Crippen LogP contribution in [0, 0.1) is 0 Å². The summed E-state index contributed by atoms with van der Waals surface area (Å²) in [5.74, 6) is -2.75. The molecule has 126 valence electrons. The Morgan fingerprint density at radius 2 is 1.48 bits per heavy atom. The van der Waals surface area contributed by atoms with Crippen molar-refractivity contribution in [3.63, 3.8) is 0 Å². The molecule has 0 unspecified atom stereocenters. The number of rotatable bonds is 5. The molecule has 1 aliphatic heterocycles. The Morgan fingerprint density at radius 3 is 2.00 bits per heavy atom. The minimum Gasteiger partial charge on any atom is -0.545 e. The van der Waals surface area contributed by atoms with Crippen LogP contribution in [0.4, 0.5) is 0 Å². The van der Waals surface area contributed by atoms with E-state index in [1.807, 2.05) is 0 Å². The predicted octanol–water partition coefficient (Wildman–Crippen LogP) is -0.0375. The maximum atomic E-state index is 12.2. The highest BCUT2D eigenvalue weighted by Crippen LogP contribution is 2.21. The lowest BCUT2D eigenvalue weighted by atomic mass is 10.1. The Kier molecular flexibility index (Phi) is 4.30. The van der Waals surface area contributed by atoms with E-state index in [0.717, 1.165) is 4.90 Å². The molecule has 2 aromatic carbocycles. The number of carbonyl (C=O) groups excluding carboxylic acids is 4. The first kappa shape index (κ1) is 16.4. The van der Waals surface area contributed by atoms with E-state index in [-0.39, 0.29) is 29.8 Å². The Bertz CT molecular complexity index is 838. The lowest BCUT2D eigenvalue weighted by molar-refractivity contribution is -0.255. The van der Waals surface area contributed by atoms with Crippen molar-refractivity contribution in [3.8, 4) is 0 Å². The van der Waals surface area contributed by atoms with E-state index in [1.165, 1.54) is 12.1 Å². The zero-order chi connectivity index (χ0) is 18.0. The van der Waals surface area contributed by atoms with Gasteiger partial charge in [-0.2, -0.15) is 0 Å². The highest BCUT2D eigenvalue weighted by atomic mass is 16.4. The summed E-state index contributed by atoms with van der Waals surface area (Å²) >= 11 is 0. The van der Waals surface area contributed by atoms with E-state index in [9.17, 15) is 24.3 Å². The van der Waals surface area contributed by atoms with Crippen molar-refractivity contribution in [2.75, 3.05) is 6.54 Å². The Hall–Kier alpha value is -3.48. The van der Waals surface area contributed by atoms with Gasteiger partial charge in [0.05, 0.1) is 17.1 Å². The van der Waals surface area contributed by atoms with Crippen LogP contribution < -0.4 is 10.4 Å². The second-order valence-corrected chi connectivity index (χ2v) is 5.50. The smallest absolute Gasteiger partial charge is 0.262 e. The van der Waals surface area contributed by atoms with Crippen molar-refractivity contribution < 1.29 is 24.3 Å². The summed E-state index contributed by atoms with van der Waals surface area (Å²) in [5.41, 5.74) is 1.30. The molecule has 3 rings (SSSR count). The average Bonchev–Trinajstić information content (AvgIpc) is 2.86. The number of imide groups is 1. The predicted molar refractivity (Wildman–Crippen MR) is 84.4 cm³/mol. The molecule has 2 aromatic rings. The molecule has 0 saturated heterocycles. The summed E-state index contributed by atoms with van der Waals surface area (Å²) in [7, 11) is 0. The monoisotopic (exact) mass is 337 g/mol. The maximum Gasteiger partial charge on any atom is 0.262 e. The third-order valence-electron chi connectivity index (χ3n) is 3.86. The lowest BCUT2D eigenvalue weighted by Gasteiger charge is -2.13. The van der Waals surface area contributed by atoms with E-state index >= 15 is 0 Å².